The molecule has 4 nitrogen and oxygen atoms in total. The summed E-state index contributed by atoms with van der Waals surface area (Å²) in [5, 5.41) is 0. The van der Waals surface area contributed by atoms with Gasteiger partial charge in [0.1, 0.15) is 11.6 Å². The van der Waals surface area contributed by atoms with Crippen LogP contribution in [0, 0.1) is 12.7 Å². The second-order valence-corrected chi connectivity index (χ2v) is 4.38. The minimum absolute atomic E-state index is 0.0957. The van der Waals surface area contributed by atoms with Crippen molar-refractivity contribution in [2.45, 2.75) is 6.92 Å². The first-order chi connectivity index (χ1) is 8.60. The largest absolute Gasteiger partial charge is 0.480 e. The van der Waals surface area contributed by atoms with Crippen molar-refractivity contribution in [1.82, 2.24) is 9.97 Å². The lowest BCUT2D eigenvalue weighted by molar-refractivity contribution is 0.373. The zero-order valence-electron chi connectivity index (χ0n) is 9.78. The van der Waals surface area contributed by atoms with Crippen molar-refractivity contribution in [2.75, 3.05) is 7.11 Å². The summed E-state index contributed by atoms with van der Waals surface area (Å²) in [5.74, 6) is 0.353. The summed E-state index contributed by atoms with van der Waals surface area (Å²) in [5.41, 5.74) is 0.552. The molecular formula is C12H10BrFN2O2. The number of rotatable bonds is 3. The third-order valence-corrected chi connectivity index (χ3v) is 2.78. The highest BCUT2D eigenvalue weighted by molar-refractivity contribution is 9.10. The summed E-state index contributed by atoms with van der Waals surface area (Å²) >= 11 is 3.23. The van der Waals surface area contributed by atoms with Crippen LogP contribution in [0.1, 0.15) is 5.56 Å². The molecule has 0 N–H and O–H groups in total. The van der Waals surface area contributed by atoms with Crippen LogP contribution in [-0.2, 0) is 0 Å². The SMILES string of the molecule is COc1nc(Oc2ccc(C)c(F)c2)ncc1Br. The lowest BCUT2D eigenvalue weighted by atomic mass is 10.2. The van der Waals surface area contributed by atoms with Gasteiger partial charge in [-0.15, -0.1) is 0 Å². The van der Waals surface area contributed by atoms with Gasteiger partial charge in [0.2, 0.25) is 5.88 Å². The average molecular weight is 313 g/mol. The van der Waals surface area contributed by atoms with E-state index in [4.69, 9.17) is 9.47 Å². The van der Waals surface area contributed by atoms with Crippen molar-refractivity contribution in [2.24, 2.45) is 0 Å². The molecule has 0 radical (unpaired) electrons. The molecule has 1 aromatic heterocycles. The molecule has 0 aliphatic rings. The van der Waals surface area contributed by atoms with Gasteiger partial charge in [-0.2, -0.15) is 4.98 Å². The molecule has 0 saturated heterocycles. The first kappa shape index (κ1) is 12.8. The van der Waals surface area contributed by atoms with E-state index < -0.39 is 0 Å². The number of ether oxygens (including phenoxy) is 2. The summed E-state index contributed by atoms with van der Waals surface area (Å²) in [7, 11) is 1.49. The zero-order valence-corrected chi connectivity index (χ0v) is 11.4. The van der Waals surface area contributed by atoms with Crippen LogP contribution < -0.4 is 9.47 Å². The Morgan fingerprint density at radius 2 is 2.11 bits per heavy atom. The van der Waals surface area contributed by atoms with Gasteiger partial charge in [0, 0.05) is 6.07 Å². The fourth-order valence-corrected chi connectivity index (χ4v) is 1.62. The zero-order chi connectivity index (χ0) is 13.1. The van der Waals surface area contributed by atoms with Crippen LogP contribution in [0.4, 0.5) is 4.39 Å². The molecule has 1 aromatic carbocycles. The van der Waals surface area contributed by atoms with Crippen molar-refractivity contribution >= 4 is 15.9 Å². The summed E-state index contributed by atoms with van der Waals surface area (Å²) in [4.78, 5) is 7.96. The van der Waals surface area contributed by atoms with Crippen molar-refractivity contribution in [3.8, 4) is 17.6 Å². The first-order valence-corrected chi connectivity index (χ1v) is 5.90. The van der Waals surface area contributed by atoms with Gasteiger partial charge in [0.15, 0.2) is 0 Å². The van der Waals surface area contributed by atoms with Crippen LogP contribution in [0.15, 0.2) is 28.9 Å². The second-order valence-electron chi connectivity index (χ2n) is 3.52. The molecule has 18 heavy (non-hydrogen) atoms. The molecule has 0 atom stereocenters. The third-order valence-electron chi connectivity index (χ3n) is 2.24. The lowest BCUT2D eigenvalue weighted by Gasteiger charge is -2.06. The normalized spacial score (nSPS) is 10.2. The summed E-state index contributed by atoms with van der Waals surface area (Å²) in [6, 6.07) is 4.66. The molecule has 1 heterocycles. The molecule has 2 rings (SSSR count). The fraction of sp³-hybridized carbons (Fsp3) is 0.167. The Kier molecular flexibility index (Phi) is 3.76. The van der Waals surface area contributed by atoms with Crippen LogP contribution in [0.3, 0.4) is 0 Å². The lowest BCUT2D eigenvalue weighted by Crippen LogP contribution is -1.96. The van der Waals surface area contributed by atoms with Gasteiger partial charge in [-0.3, -0.25) is 0 Å². The summed E-state index contributed by atoms with van der Waals surface area (Å²) in [6.07, 6.45) is 1.51. The van der Waals surface area contributed by atoms with Crippen molar-refractivity contribution < 1.29 is 13.9 Å². The molecule has 0 spiro atoms. The Bertz CT molecular complexity index is 578. The number of methoxy groups -OCH3 is 1. The van der Waals surface area contributed by atoms with E-state index in [1.165, 1.54) is 19.4 Å². The van der Waals surface area contributed by atoms with Crippen molar-refractivity contribution in [3.63, 3.8) is 0 Å². The average Bonchev–Trinajstić information content (AvgIpc) is 2.36. The Balaban J connectivity index is 2.25. The molecule has 0 saturated carbocycles. The minimum Gasteiger partial charge on any atom is -0.480 e. The van der Waals surface area contributed by atoms with E-state index in [0.717, 1.165) is 0 Å². The number of aromatic nitrogens is 2. The number of aryl methyl sites for hydroxylation is 1. The molecular weight excluding hydrogens is 303 g/mol. The van der Waals surface area contributed by atoms with Gasteiger partial charge < -0.3 is 9.47 Å². The molecule has 2 aromatic rings. The number of halogens is 2. The molecule has 0 fully saturated rings. The van der Waals surface area contributed by atoms with Gasteiger partial charge in [-0.25, -0.2) is 9.37 Å². The molecule has 0 aliphatic carbocycles. The monoisotopic (exact) mass is 312 g/mol. The molecule has 6 heteroatoms. The van der Waals surface area contributed by atoms with Crippen LogP contribution >= 0.6 is 15.9 Å². The highest BCUT2D eigenvalue weighted by Gasteiger charge is 2.08. The molecule has 0 bridgehead atoms. The van der Waals surface area contributed by atoms with E-state index in [2.05, 4.69) is 25.9 Å². The van der Waals surface area contributed by atoms with E-state index in [0.29, 0.717) is 21.7 Å². The Hall–Kier alpha value is -1.69. The van der Waals surface area contributed by atoms with Crippen molar-refractivity contribution in [3.05, 3.63) is 40.2 Å². The number of benzene rings is 1. The van der Waals surface area contributed by atoms with E-state index in [1.807, 2.05) is 0 Å². The number of hydrogen-bond donors (Lipinski definition) is 0. The van der Waals surface area contributed by atoms with E-state index in [1.54, 1.807) is 19.1 Å². The quantitative estimate of drug-likeness (QED) is 0.870. The summed E-state index contributed by atoms with van der Waals surface area (Å²) in [6.45, 7) is 1.68. The third kappa shape index (κ3) is 2.76. The topological polar surface area (TPSA) is 44.2 Å². The van der Waals surface area contributed by atoms with E-state index >= 15 is 0 Å². The molecule has 94 valence electrons. The van der Waals surface area contributed by atoms with Crippen molar-refractivity contribution in [1.29, 1.82) is 0 Å². The van der Waals surface area contributed by atoms with Crippen LogP contribution in [0.25, 0.3) is 0 Å². The Morgan fingerprint density at radius 3 is 2.78 bits per heavy atom. The van der Waals surface area contributed by atoms with Crippen LogP contribution in [0.2, 0.25) is 0 Å². The highest BCUT2D eigenvalue weighted by Crippen LogP contribution is 2.26. The maximum atomic E-state index is 13.3. The molecule has 0 unspecified atom stereocenters. The molecule has 0 aliphatic heterocycles. The predicted octanol–water partition coefficient (Wildman–Crippen LogP) is 3.49. The van der Waals surface area contributed by atoms with Gasteiger partial charge in [-0.05, 0) is 34.5 Å². The van der Waals surface area contributed by atoms with Gasteiger partial charge in [0.25, 0.3) is 0 Å². The number of hydrogen-bond acceptors (Lipinski definition) is 4. The van der Waals surface area contributed by atoms with E-state index in [9.17, 15) is 4.39 Å². The van der Waals surface area contributed by atoms with Crippen LogP contribution in [0.5, 0.6) is 17.6 Å². The summed E-state index contributed by atoms with van der Waals surface area (Å²) < 4.78 is 24.3. The fourth-order valence-electron chi connectivity index (χ4n) is 1.27. The van der Waals surface area contributed by atoms with E-state index in [-0.39, 0.29) is 11.8 Å². The number of nitrogens with zero attached hydrogens (tertiary/aromatic N) is 2. The van der Waals surface area contributed by atoms with Gasteiger partial charge in [0.05, 0.1) is 17.8 Å². The molecule has 0 amide bonds. The maximum Gasteiger partial charge on any atom is 0.325 e. The predicted molar refractivity (Wildman–Crippen MR) is 67.5 cm³/mol. The van der Waals surface area contributed by atoms with Crippen LogP contribution in [-0.4, -0.2) is 17.1 Å². The second kappa shape index (κ2) is 5.30. The first-order valence-electron chi connectivity index (χ1n) is 5.10. The maximum absolute atomic E-state index is 13.3. The standard InChI is InChI=1S/C12H10BrFN2O2/c1-7-3-4-8(5-10(7)14)18-12-15-6-9(13)11(16-12)17-2/h3-6H,1-2H3. The highest BCUT2D eigenvalue weighted by atomic mass is 79.9. The smallest absolute Gasteiger partial charge is 0.325 e. The minimum atomic E-state index is -0.337. The Morgan fingerprint density at radius 1 is 1.33 bits per heavy atom. The van der Waals surface area contributed by atoms with Gasteiger partial charge >= 0.3 is 6.01 Å². The van der Waals surface area contributed by atoms with Gasteiger partial charge in [-0.1, -0.05) is 6.07 Å². The Labute approximate surface area is 112 Å².